The SMILES string of the molecule is CC1CN(C(=O)c2ccc3c(c2)CCCC3)CCN1. The van der Waals surface area contributed by atoms with E-state index in [-0.39, 0.29) is 5.91 Å². The second kappa shape index (κ2) is 5.33. The first-order chi connectivity index (χ1) is 9.24. The molecule has 3 heteroatoms. The quantitative estimate of drug-likeness (QED) is 0.835. The maximum absolute atomic E-state index is 12.5. The van der Waals surface area contributed by atoms with Gasteiger partial charge in [-0.15, -0.1) is 0 Å². The molecular formula is C16H22N2O. The molecular weight excluding hydrogens is 236 g/mol. The summed E-state index contributed by atoms with van der Waals surface area (Å²) in [6, 6.07) is 6.70. The Hall–Kier alpha value is -1.35. The molecule has 1 aliphatic carbocycles. The fourth-order valence-corrected chi connectivity index (χ4v) is 3.17. The molecule has 3 rings (SSSR count). The van der Waals surface area contributed by atoms with E-state index in [1.54, 1.807) is 0 Å². The van der Waals surface area contributed by atoms with E-state index in [9.17, 15) is 4.79 Å². The lowest BCUT2D eigenvalue weighted by Gasteiger charge is -2.32. The molecule has 0 spiro atoms. The summed E-state index contributed by atoms with van der Waals surface area (Å²) in [4.78, 5) is 14.5. The largest absolute Gasteiger partial charge is 0.336 e. The van der Waals surface area contributed by atoms with Gasteiger partial charge in [0.15, 0.2) is 0 Å². The number of hydrogen-bond acceptors (Lipinski definition) is 2. The lowest BCUT2D eigenvalue weighted by atomic mass is 9.90. The Bertz CT molecular complexity index is 484. The first-order valence-corrected chi connectivity index (χ1v) is 7.38. The van der Waals surface area contributed by atoms with Gasteiger partial charge in [-0.3, -0.25) is 4.79 Å². The van der Waals surface area contributed by atoms with Gasteiger partial charge in [0.25, 0.3) is 5.91 Å². The number of hydrogen-bond donors (Lipinski definition) is 1. The van der Waals surface area contributed by atoms with Crippen molar-refractivity contribution in [2.24, 2.45) is 0 Å². The Kier molecular flexibility index (Phi) is 3.56. The van der Waals surface area contributed by atoms with Crippen LogP contribution in [0.15, 0.2) is 18.2 Å². The third-order valence-corrected chi connectivity index (χ3v) is 4.25. The van der Waals surface area contributed by atoms with Crippen molar-refractivity contribution in [1.82, 2.24) is 10.2 Å². The maximum Gasteiger partial charge on any atom is 0.253 e. The van der Waals surface area contributed by atoms with Crippen LogP contribution in [-0.4, -0.2) is 36.5 Å². The van der Waals surface area contributed by atoms with Crippen molar-refractivity contribution >= 4 is 5.91 Å². The minimum absolute atomic E-state index is 0.196. The van der Waals surface area contributed by atoms with Crippen LogP contribution in [0.5, 0.6) is 0 Å². The highest BCUT2D eigenvalue weighted by Gasteiger charge is 2.22. The van der Waals surface area contributed by atoms with Crippen LogP contribution in [0.3, 0.4) is 0 Å². The number of amides is 1. The van der Waals surface area contributed by atoms with E-state index in [0.717, 1.165) is 31.6 Å². The number of nitrogens with one attached hydrogen (secondary N) is 1. The second-order valence-electron chi connectivity index (χ2n) is 5.80. The first-order valence-electron chi connectivity index (χ1n) is 7.38. The predicted octanol–water partition coefficient (Wildman–Crippen LogP) is 2.00. The van der Waals surface area contributed by atoms with Crippen LogP contribution in [0.4, 0.5) is 0 Å². The molecule has 1 heterocycles. The van der Waals surface area contributed by atoms with Gasteiger partial charge in [0, 0.05) is 31.2 Å². The molecule has 1 fully saturated rings. The molecule has 1 aromatic rings. The molecule has 1 unspecified atom stereocenters. The summed E-state index contributed by atoms with van der Waals surface area (Å²) in [5, 5.41) is 3.37. The van der Waals surface area contributed by atoms with Crippen LogP contribution in [0.2, 0.25) is 0 Å². The van der Waals surface area contributed by atoms with Crippen molar-refractivity contribution in [3.63, 3.8) is 0 Å². The first kappa shape index (κ1) is 12.7. The molecule has 0 aromatic heterocycles. The fraction of sp³-hybridized carbons (Fsp3) is 0.562. The van der Waals surface area contributed by atoms with Crippen molar-refractivity contribution in [1.29, 1.82) is 0 Å². The molecule has 102 valence electrons. The molecule has 1 atom stereocenters. The Morgan fingerprint density at radius 2 is 2.05 bits per heavy atom. The number of piperazine rings is 1. The smallest absolute Gasteiger partial charge is 0.253 e. The van der Waals surface area contributed by atoms with Crippen LogP contribution in [-0.2, 0) is 12.8 Å². The van der Waals surface area contributed by atoms with E-state index in [2.05, 4.69) is 24.4 Å². The van der Waals surface area contributed by atoms with E-state index < -0.39 is 0 Å². The maximum atomic E-state index is 12.5. The number of fused-ring (bicyclic) bond motifs is 1. The van der Waals surface area contributed by atoms with E-state index in [0.29, 0.717) is 6.04 Å². The lowest BCUT2D eigenvalue weighted by Crippen LogP contribution is -2.51. The molecule has 1 saturated heterocycles. The summed E-state index contributed by atoms with van der Waals surface area (Å²) in [7, 11) is 0. The topological polar surface area (TPSA) is 32.3 Å². The molecule has 2 aliphatic rings. The summed E-state index contributed by atoms with van der Waals surface area (Å²) in [5.41, 5.74) is 3.70. The monoisotopic (exact) mass is 258 g/mol. The Balaban J connectivity index is 1.79. The predicted molar refractivity (Wildman–Crippen MR) is 76.5 cm³/mol. The molecule has 1 aromatic carbocycles. The number of aryl methyl sites for hydroxylation is 2. The van der Waals surface area contributed by atoms with E-state index >= 15 is 0 Å². The zero-order valence-corrected chi connectivity index (χ0v) is 11.6. The van der Waals surface area contributed by atoms with Crippen molar-refractivity contribution in [2.45, 2.75) is 38.6 Å². The zero-order valence-electron chi connectivity index (χ0n) is 11.6. The summed E-state index contributed by atoms with van der Waals surface area (Å²) in [5.74, 6) is 0.196. The third kappa shape index (κ3) is 2.66. The summed E-state index contributed by atoms with van der Waals surface area (Å²) in [6.07, 6.45) is 4.85. The summed E-state index contributed by atoms with van der Waals surface area (Å²) < 4.78 is 0. The lowest BCUT2D eigenvalue weighted by molar-refractivity contribution is 0.0709. The normalized spacial score (nSPS) is 23.0. The summed E-state index contributed by atoms with van der Waals surface area (Å²) in [6.45, 7) is 4.67. The van der Waals surface area contributed by atoms with Crippen molar-refractivity contribution in [3.05, 3.63) is 34.9 Å². The van der Waals surface area contributed by atoms with Crippen LogP contribution in [0, 0.1) is 0 Å². The van der Waals surface area contributed by atoms with Gasteiger partial charge in [-0.05, 0) is 55.9 Å². The van der Waals surface area contributed by atoms with Gasteiger partial charge >= 0.3 is 0 Å². The standard InChI is InChI=1S/C16H22N2O/c1-12-11-18(9-8-17-12)16(19)15-7-6-13-4-2-3-5-14(13)10-15/h6-7,10,12,17H,2-5,8-9,11H2,1H3. The number of nitrogens with zero attached hydrogens (tertiary/aromatic N) is 1. The van der Waals surface area contributed by atoms with Crippen molar-refractivity contribution in [2.75, 3.05) is 19.6 Å². The highest BCUT2D eigenvalue weighted by Crippen LogP contribution is 2.23. The van der Waals surface area contributed by atoms with Gasteiger partial charge in [-0.25, -0.2) is 0 Å². The van der Waals surface area contributed by atoms with Crippen molar-refractivity contribution in [3.8, 4) is 0 Å². The third-order valence-electron chi connectivity index (χ3n) is 4.25. The Morgan fingerprint density at radius 3 is 2.84 bits per heavy atom. The Morgan fingerprint density at radius 1 is 1.26 bits per heavy atom. The minimum atomic E-state index is 0.196. The number of carbonyl (C=O) groups is 1. The average molecular weight is 258 g/mol. The highest BCUT2D eigenvalue weighted by molar-refractivity contribution is 5.94. The average Bonchev–Trinajstić information content (AvgIpc) is 2.46. The number of benzene rings is 1. The van der Waals surface area contributed by atoms with Gasteiger partial charge in [0.05, 0.1) is 0 Å². The van der Waals surface area contributed by atoms with Crippen molar-refractivity contribution < 1.29 is 4.79 Å². The van der Waals surface area contributed by atoms with Gasteiger partial charge in [-0.1, -0.05) is 6.07 Å². The molecule has 3 nitrogen and oxygen atoms in total. The van der Waals surface area contributed by atoms with Gasteiger partial charge in [-0.2, -0.15) is 0 Å². The Labute approximate surface area is 115 Å². The van der Waals surface area contributed by atoms with Crippen LogP contribution in [0.1, 0.15) is 41.3 Å². The highest BCUT2D eigenvalue weighted by atomic mass is 16.2. The second-order valence-corrected chi connectivity index (χ2v) is 5.80. The minimum Gasteiger partial charge on any atom is -0.336 e. The zero-order chi connectivity index (χ0) is 13.2. The molecule has 0 saturated carbocycles. The molecule has 1 aliphatic heterocycles. The number of rotatable bonds is 1. The van der Waals surface area contributed by atoms with Crippen LogP contribution in [0.25, 0.3) is 0 Å². The molecule has 19 heavy (non-hydrogen) atoms. The van der Waals surface area contributed by atoms with Gasteiger partial charge in [0.1, 0.15) is 0 Å². The molecule has 1 amide bonds. The van der Waals surface area contributed by atoms with Gasteiger partial charge < -0.3 is 10.2 Å². The summed E-state index contributed by atoms with van der Waals surface area (Å²) >= 11 is 0. The molecule has 0 radical (unpaired) electrons. The fourth-order valence-electron chi connectivity index (χ4n) is 3.17. The van der Waals surface area contributed by atoms with E-state index in [4.69, 9.17) is 0 Å². The molecule has 1 N–H and O–H groups in total. The number of carbonyl (C=O) groups excluding carboxylic acids is 1. The van der Waals surface area contributed by atoms with E-state index in [1.165, 1.54) is 30.4 Å². The van der Waals surface area contributed by atoms with Crippen LogP contribution >= 0.6 is 0 Å². The van der Waals surface area contributed by atoms with E-state index in [1.807, 2.05) is 11.0 Å². The van der Waals surface area contributed by atoms with Crippen LogP contribution < -0.4 is 5.32 Å². The molecule has 0 bridgehead atoms. The van der Waals surface area contributed by atoms with Gasteiger partial charge in [0.2, 0.25) is 0 Å².